The topological polar surface area (TPSA) is 127 Å². The lowest BCUT2D eigenvalue weighted by atomic mass is 10.2. The Labute approximate surface area is 282 Å². The zero-order valence-electron chi connectivity index (χ0n) is 27.0. The van der Waals surface area contributed by atoms with Gasteiger partial charge in [0.1, 0.15) is 17.3 Å². The van der Waals surface area contributed by atoms with Crippen molar-refractivity contribution in [1.82, 2.24) is 29.2 Å². The Bertz CT molecular complexity index is 1750. The Morgan fingerprint density at radius 1 is 1.00 bits per heavy atom. The van der Waals surface area contributed by atoms with E-state index in [1.165, 1.54) is 24.1 Å². The van der Waals surface area contributed by atoms with Crippen molar-refractivity contribution in [3.8, 4) is 0 Å². The Hall–Kier alpha value is -3.97. The van der Waals surface area contributed by atoms with Gasteiger partial charge in [-0.1, -0.05) is 31.2 Å². The van der Waals surface area contributed by atoms with Gasteiger partial charge in [0.15, 0.2) is 0 Å². The molecule has 0 aliphatic carbocycles. The van der Waals surface area contributed by atoms with Gasteiger partial charge in [0, 0.05) is 72.0 Å². The second-order valence-electron chi connectivity index (χ2n) is 12.7. The quantitative estimate of drug-likeness (QED) is 0.170. The number of halogens is 7. The molecule has 0 radical (unpaired) electrons. The summed E-state index contributed by atoms with van der Waals surface area (Å²) in [6.45, 7) is 8.11. The van der Waals surface area contributed by atoms with Crippen molar-refractivity contribution in [2.75, 3.05) is 43.0 Å². The number of nitrogens with one attached hydrogen (secondary N) is 1. The zero-order chi connectivity index (χ0) is 36.3. The number of alkyl halides is 6. The van der Waals surface area contributed by atoms with E-state index in [-0.39, 0.29) is 55.9 Å². The minimum absolute atomic E-state index is 0.0328. The molecule has 3 aromatic heterocycles. The Morgan fingerprint density at radius 2 is 1.63 bits per heavy atom. The summed E-state index contributed by atoms with van der Waals surface area (Å²) in [7, 11) is -1.47. The van der Waals surface area contributed by atoms with E-state index in [4.69, 9.17) is 16.3 Å². The highest BCUT2D eigenvalue weighted by Crippen LogP contribution is 2.32. The van der Waals surface area contributed by atoms with Gasteiger partial charge in [0.05, 0.1) is 23.0 Å². The fourth-order valence-electron chi connectivity index (χ4n) is 4.87. The maximum Gasteiger partial charge on any atom is 0.423 e. The summed E-state index contributed by atoms with van der Waals surface area (Å²) in [6, 6.07) is 1.06. The van der Waals surface area contributed by atoms with Crippen LogP contribution in [0, 0.1) is 0 Å². The van der Waals surface area contributed by atoms with Gasteiger partial charge in [0.2, 0.25) is 5.95 Å². The summed E-state index contributed by atoms with van der Waals surface area (Å²) in [5.74, 6) is -0.423. The SMILES string of the molecule is C[C@@H](Cn1cc(C(=O)N2CCN(c3ncc(C(F)(F)F)cn3)CC2)cc(Cl)c1=O)Nc1cnn(COCC[Si](C)(C)C)c(=O)c1C(F)(F)F. The van der Waals surface area contributed by atoms with E-state index in [9.17, 15) is 40.7 Å². The monoisotopic (exact) mass is 736 g/mol. The maximum atomic E-state index is 14.0. The third-order valence-corrected chi connectivity index (χ3v) is 9.49. The molecule has 1 N–H and O–H groups in total. The summed E-state index contributed by atoms with van der Waals surface area (Å²) < 4.78 is 87.7. The highest BCUT2D eigenvalue weighted by molar-refractivity contribution is 6.76. The van der Waals surface area contributed by atoms with Crippen molar-refractivity contribution in [3.05, 3.63) is 73.3 Å². The molecule has 20 heteroatoms. The standard InChI is InChI=1S/C29H35ClF6N8O4Si/c1-18(40-22-14-39-44(17-48-9-10-49(2,3)4)26(47)23(22)29(34,35)36)15-43-16-19(11-21(30)25(43)46)24(45)41-5-7-42(8-6-41)27-37-12-20(13-38-27)28(31,32)33/h11-14,16,18,40H,5-10,15,17H2,1-4H3/t18-/m0/s1. The highest BCUT2D eigenvalue weighted by atomic mass is 35.5. The molecule has 4 rings (SSSR count). The summed E-state index contributed by atoms with van der Waals surface area (Å²) in [5, 5.41) is 6.14. The summed E-state index contributed by atoms with van der Waals surface area (Å²) in [6.07, 6.45) is -6.14. The van der Waals surface area contributed by atoms with Crippen LogP contribution in [-0.4, -0.2) is 82.0 Å². The van der Waals surface area contributed by atoms with Crippen molar-refractivity contribution in [2.24, 2.45) is 0 Å². The van der Waals surface area contributed by atoms with Crippen molar-refractivity contribution < 1.29 is 35.9 Å². The number of piperazine rings is 1. The van der Waals surface area contributed by atoms with E-state index in [2.05, 4.69) is 40.0 Å². The molecule has 3 aromatic rings. The molecule has 0 aromatic carbocycles. The number of amides is 1. The number of hydrogen-bond donors (Lipinski definition) is 1. The molecule has 1 aliphatic rings. The van der Waals surface area contributed by atoms with Crippen LogP contribution in [0.2, 0.25) is 30.7 Å². The van der Waals surface area contributed by atoms with E-state index in [1.54, 1.807) is 4.90 Å². The predicted octanol–water partition coefficient (Wildman–Crippen LogP) is 4.66. The maximum absolute atomic E-state index is 14.0. The predicted molar refractivity (Wildman–Crippen MR) is 172 cm³/mol. The molecule has 0 unspecified atom stereocenters. The highest BCUT2D eigenvalue weighted by Gasteiger charge is 2.39. The number of hydrogen-bond acceptors (Lipinski definition) is 9. The van der Waals surface area contributed by atoms with Gasteiger partial charge in [0.25, 0.3) is 17.0 Å². The van der Waals surface area contributed by atoms with Crippen LogP contribution in [0.25, 0.3) is 0 Å². The lowest BCUT2D eigenvalue weighted by Crippen LogP contribution is -2.49. The van der Waals surface area contributed by atoms with Crippen molar-refractivity contribution in [1.29, 1.82) is 0 Å². The molecule has 0 spiro atoms. The minimum Gasteiger partial charge on any atom is -0.379 e. The molecule has 0 saturated carbocycles. The molecular weight excluding hydrogens is 702 g/mol. The van der Waals surface area contributed by atoms with Gasteiger partial charge < -0.3 is 24.4 Å². The fraction of sp³-hybridized carbons (Fsp3) is 0.517. The Kier molecular flexibility index (Phi) is 11.5. The average molecular weight is 737 g/mol. The second kappa shape index (κ2) is 14.9. The van der Waals surface area contributed by atoms with E-state index >= 15 is 0 Å². The van der Waals surface area contributed by atoms with Gasteiger partial charge in [-0.3, -0.25) is 14.4 Å². The smallest absolute Gasteiger partial charge is 0.379 e. The van der Waals surface area contributed by atoms with Crippen molar-refractivity contribution in [3.63, 3.8) is 0 Å². The van der Waals surface area contributed by atoms with E-state index in [1.807, 2.05) is 0 Å². The molecule has 1 aliphatic heterocycles. The van der Waals surface area contributed by atoms with Crippen molar-refractivity contribution in [2.45, 2.75) is 64.3 Å². The van der Waals surface area contributed by atoms with Gasteiger partial charge >= 0.3 is 12.4 Å². The molecule has 12 nitrogen and oxygen atoms in total. The summed E-state index contributed by atoms with van der Waals surface area (Å²) in [4.78, 5) is 49.6. The normalized spacial score (nSPS) is 15.0. The number of carbonyl (C=O) groups excluding carboxylic acids is 1. The third kappa shape index (κ3) is 9.81. The molecule has 1 saturated heterocycles. The van der Waals surface area contributed by atoms with Gasteiger partial charge in [-0.25, -0.2) is 14.6 Å². The fourth-order valence-corrected chi connectivity index (χ4v) is 5.86. The van der Waals surface area contributed by atoms with E-state index in [0.29, 0.717) is 17.1 Å². The van der Waals surface area contributed by atoms with E-state index < -0.39 is 67.0 Å². The van der Waals surface area contributed by atoms with Crippen LogP contribution in [0.4, 0.5) is 38.0 Å². The second-order valence-corrected chi connectivity index (χ2v) is 18.7. The lowest BCUT2D eigenvalue weighted by Gasteiger charge is -2.34. The lowest BCUT2D eigenvalue weighted by molar-refractivity contribution is -0.139. The Balaban J connectivity index is 1.44. The number of pyridine rings is 1. The van der Waals surface area contributed by atoms with Crippen LogP contribution >= 0.6 is 11.6 Å². The first-order valence-corrected chi connectivity index (χ1v) is 19.2. The number of aromatic nitrogens is 5. The molecule has 1 fully saturated rings. The Morgan fingerprint density at radius 3 is 2.20 bits per heavy atom. The first-order valence-electron chi connectivity index (χ1n) is 15.1. The first kappa shape index (κ1) is 37.8. The molecule has 1 atom stereocenters. The molecule has 268 valence electrons. The van der Waals surface area contributed by atoms with Gasteiger partial charge in [-0.15, -0.1) is 0 Å². The minimum atomic E-state index is -5.03. The third-order valence-electron chi connectivity index (χ3n) is 7.51. The average Bonchev–Trinajstić information content (AvgIpc) is 3.00. The van der Waals surface area contributed by atoms with Crippen LogP contribution in [0.1, 0.15) is 28.4 Å². The van der Waals surface area contributed by atoms with Gasteiger partial charge in [-0.2, -0.15) is 31.4 Å². The molecule has 1 amide bonds. The molecule has 0 bridgehead atoms. The number of ether oxygens (including phenoxy) is 1. The van der Waals surface area contributed by atoms with E-state index in [0.717, 1.165) is 16.8 Å². The van der Waals surface area contributed by atoms with Crippen LogP contribution in [0.3, 0.4) is 0 Å². The largest absolute Gasteiger partial charge is 0.423 e. The molecular formula is C29H35ClF6N8O4Si. The van der Waals surface area contributed by atoms with Crippen LogP contribution < -0.4 is 21.3 Å². The number of anilines is 2. The molecule has 49 heavy (non-hydrogen) atoms. The van der Waals surface area contributed by atoms with Gasteiger partial charge in [-0.05, 0) is 19.0 Å². The number of nitrogens with zero attached hydrogens (tertiary/aromatic N) is 7. The zero-order valence-corrected chi connectivity index (χ0v) is 28.8. The van der Waals surface area contributed by atoms with Crippen LogP contribution in [0.5, 0.6) is 0 Å². The number of carbonyl (C=O) groups is 1. The van der Waals surface area contributed by atoms with Crippen LogP contribution in [0.15, 0.2) is 40.4 Å². The summed E-state index contributed by atoms with van der Waals surface area (Å²) in [5.41, 5.74) is -5.11. The van der Waals surface area contributed by atoms with Crippen molar-refractivity contribution >= 4 is 37.2 Å². The molecule has 4 heterocycles. The number of rotatable bonds is 11. The first-order chi connectivity index (χ1) is 22.7. The summed E-state index contributed by atoms with van der Waals surface area (Å²) >= 11 is 6.15. The van der Waals surface area contributed by atoms with Crippen LogP contribution in [-0.2, 0) is 30.4 Å².